The van der Waals surface area contributed by atoms with E-state index in [1.807, 2.05) is 50.2 Å². The number of nitrogens with one attached hydrogen (secondary N) is 1. The van der Waals surface area contributed by atoms with E-state index in [9.17, 15) is 9.18 Å². The number of hydrogen-bond acceptors (Lipinski definition) is 2. The van der Waals surface area contributed by atoms with Crippen molar-refractivity contribution in [3.05, 3.63) is 70.0 Å². The first-order chi connectivity index (χ1) is 11.9. The van der Waals surface area contributed by atoms with E-state index in [0.29, 0.717) is 19.4 Å². The highest BCUT2D eigenvalue weighted by atomic mass is 35.5. The maximum absolute atomic E-state index is 13.4. The molecule has 0 saturated heterocycles. The van der Waals surface area contributed by atoms with Gasteiger partial charge >= 0.3 is 0 Å². The van der Waals surface area contributed by atoms with Crippen LogP contribution in [0.25, 0.3) is 0 Å². The lowest BCUT2D eigenvalue weighted by Crippen LogP contribution is -2.34. The Morgan fingerprint density at radius 2 is 2.00 bits per heavy atom. The molecule has 2 aromatic rings. The average molecular weight is 363 g/mol. The molecule has 0 aliphatic carbocycles. The van der Waals surface area contributed by atoms with Gasteiger partial charge in [0, 0.05) is 18.0 Å². The van der Waals surface area contributed by atoms with Gasteiger partial charge in [0.2, 0.25) is 5.91 Å². The fraction of sp³-hybridized carbons (Fsp3) is 0.350. The van der Waals surface area contributed by atoms with Gasteiger partial charge in [-0.1, -0.05) is 35.9 Å². The number of likely N-dealkylation sites (N-methyl/N-ethyl adjacent to an activating group) is 1. The summed E-state index contributed by atoms with van der Waals surface area (Å²) >= 11 is 6.11. The van der Waals surface area contributed by atoms with Gasteiger partial charge in [0.1, 0.15) is 5.82 Å². The van der Waals surface area contributed by atoms with Crippen LogP contribution in [0.2, 0.25) is 5.02 Å². The Hall–Kier alpha value is -1.91. The number of carbonyl (C=O) groups excluding carboxylic acids is 1. The van der Waals surface area contributed by atoms with Gasteiger partial charge in [-0.2, -0.15) is 0 Å². The van der Waals surface area contributed by atoms with E-state index in [0.717, 1.165) is 21.7 Å². The molecule has 1 atom stereocenters. The van der Waals surface area contributed by atoms with E-state index in [2.05, 4.69) is 5.32 Å². The zero-order valence-electron chi connectivity index (χ0n) is 14.9. The molecular formula is C20H24ClFN2O. The predicted molar refractivity (Wildman–Crippen MR) is 100 cm³/mol. The van der Waals surface area contributed by atoms with Crippen molar-refractivity contribution in [2.24, 2.45) is 0 Å². The van der Waals surface area contributed by atoms with Crippen LogP contribution in [-0.4, -0.2) is 31.4 Å². The van der Waals surface area contributed by atoms with Crippen LogP contribution in [0.3, 0.4) is 0 Å². The lowest BCUT2D eigenvalue weighted by atomic mass is 10.1. The zero-order chi connectivity index (χ0) is 18.4. The Labute approximate surface area is 153 Å². The largest absolute Gasteiger partial charge is 0.354 e. The molecule has 2 aromatic carbocycles. The van der Waals surface area contributed by atoms with Crippen LogP contribution in [-0.2, 0) is 11.2 Å². The number of hydrogen-bond donors (Lipinski definition) is 1. The summed E-state index contributed by atoms with van der Waals surface area (Å²) in [5.74, 6) is -0.299. The Balaban J connectivity index is 1.89. The molecule has 134 valence electrons. The number of rotatable bonds is 7. The fourth-order valence-electron chi connectivity index (χ4n) is 2.66. The Bertz CT molecular complexity index is 733. The third-order valence-corrected chi connectivity index (χ3v) is 4.63. The van der Waals surface area contributed by atoms with Crippen LogP contribution < -0.4 is 5.32 Å². The monoisotopic (exact) mass is 362 g/mol. The SMILES string of the molecule is Cc1ccc(CCC(=O)NCC(c2cccc(F)c2)N(C)C)cc1Cl. The molecule has 0 saturated carbocycles. The number of aryl methyl sites for hydroxylation is 2. The maximum atomic E-state index is 13.4. The predicted octanol–water partition coefficient (Wildman–Crippen LogP) is 4.14. The average Bonchev–Trinajstić information content (AvgIpc) is 2.56. The summed E-state index contributed by atoms with van der Waals surface area (Å²) in [6.07, 6.45) is 1.03. The summed E-state index contributed by atoms with van der Waals surface area (Å²) in [5.41, 5.74) is 2.91. The van der Waals surface area contributed by atoms with Crippen LogP contribution in [0.4, 0.5) is 4.39 Å². The second-order valence-corrected chi connectivity index (χ2v) is 6.83. The van der Waals surface area contributed by atoms with E-state index in [1.165, 1.54) is 12.1 Å². The summed E-state index contributed by atoms with van der Waals surface area (Å²) in [4.78, 5) is 14.1. The lowest BCUT2D eigenvalue weighted by Gasteiger charge is -2.25. The third kappa shape index (κ3) is 5.83. The molecule has 0 aliphatic rings. The molecule has 0 bridgehead atoms. The number of halogens is 2. The summed E-state index contributed by atoms with van der Waals surface area (Å²) in [6.45, 7) is 2.39. The van der Waals surface area contributed by atoms with Gasteiger partial charge in [-0.25, -0.2) is 4.39 Å². The molecule has 1 unspecified atom stereocenters. The fourth-order valence-corrected chi connectivity index (χ4v) is 2.86. The third-order valence-electron chi connectivity index (χ3n) is 4.23. The van der Waals surface area contributed by atoms with Gasteiger partial charge in [-0.3, -0.25) is 4.79 Å². The van der Waals surface area contributed by atoms with Gasteiger partial charge in [0.05, 0.1) is 6.04 Å². The van der Waals surface area contributed by atoms with Gasteiger partial charge in [0.25, 0.3) is 0 Å². The summed E-state index contributed by atoms with van der Waals surface area (Å²) in [6, 6.07) is 12.3. The second-order valence-electron chi connectivity index (χ2n) is 6.42. The van der Waals surface area contributed by atoms with Crippen LogP contribution in [0.5, 0.6) is 0 Å². The highest BCUT2D eigenvalue weighted by molar-refractivity contribution is 6.31. The standard InChI is InChI=1S/C20H24ClFN2O/c1-14-7-8-15(11-18(14)21)9-10-20(25)23-13-19(24(2)3)16-5-4-6-17(22)12-16/h4-8,11-12,19H,9-10,13H2,1-3H3,(H,23,25). The minimum absolute atomic E-state index is 0.0278. The van der Waals surface area contributed by atoms with Gasteiger partial charge < -0.3 is 10.2 Å². The highest BCUT2D eigenvalue weighted by Gasteiger charge is 2.16. The van der Waals surface area contributed by atoms with Crippen LogP contribution in [0.15, 0.2) is 42.5 Å². The molecule has 2 rings (SSSR count). The zero-order valence-corrected chi connectivity index (χ0v) is 15.6. The number of carbonyl (C=O) groups is 1. The molecule has 3 nitrogen and oxygen atoms in total. The summed E-state index contributed by atoms with van der Waals surface area (Å²) in [5, 5.41) is 3.66. The van der Waals surface area contributed by atoms with Gasteiger partial charge in [-0.05, 0) is 62.3 Å². The van der Waals surface area contributed by atoms with Crippen molar-refractivity contribution in [3.8, 4) is 0 Å². The minimum Gasteiger partial charge on any atom is -0.354 e. The van der Waals surface area contributed by atoms with Crippen molar-refractivity contribution >= 4 is 17.5 Å². The van der Waals surface area contributed by atoms with E-state index in [-0.39, 0.29) is 17.8 Å². The van der Waals surface area contributed by atoms with E-state index >= 15 is 0 Å². The Morgan fingerprint density at radius 3 is 2.64 bits per heavy atom. The van der Waals surface area contributed by atoms with Crippen LogP contribution in [0, 0.1) is 12.7 Å². The topological polar surface area (TPSA) is 32.3 Å². The maximum Gasteiger partial charge on any atom is 0.220 e. The van der Waals surface area contributed by atoms with Crippen molar-refractivity contribution in [2.75, 3.05) is 20.6 Å². The molecule has 0 spiro atoms. The first kappa shape index (κ1) is 19.4. The molecule has 0 heterocycles. The number of amides is 1. The summed E-state index contributed by atoms with van der Waals surface area (Å²) < 4.78 is 13.4. The van der Waals surface area contributed by atoms with Crippen molar-refractivity contribution in [2.45, 2.75) is 25.8 Å². The minimum atomic E-state index is -0.271. The highest BCUT2D eigenvalue weighted by Crippen LogP contribution is 2.19. The van der Waals surface area contributed by atoms with Crippen molar-refractivity contribution in [1.82, 2.24) is 10.2 Å². The quantitative estimate of drug-likeness (QED) is 0.802. The Morgan fingerprint density at radius 1 is 1.24 bits per heavy atom. The van der Waals surface area contributed by atoms with Gasteiger partial charge in [0.15, 0.2) is 0 Å². The normalized spacial score (nSPS) is 12.2. The Kier molecular flexibility index (Phi) is 6.97. The molecule has 0 fully saturated rings. The lowest BCUT2D eigenvalue weighted by molar-refractivity contribution is -0.121. The molecule has 0 radical (unpaired) electrons. The molecule has 0 aromatic heterocycles. The molecule has 5 heteroatoms. The summed E-state index contributed by atoms with van der Waals surface area (Å²) in [7, 11) is 3.83. The van der Waals surface area contributed by atoms with Crippen LogP contribution >= 0.6 is 11.6 Å². The first-order valence-electron chi connectivity index (χ1n) is 8.30. The van der Waals surface area contributed by atoms with Crippen molar-refractivity contribution < 1.29 is 9.18 Å². The number of nitrogens with zero attached hydrogens (tertiary/aromatic N) is 1. The molecule has 1 amide bonds. The van der Waals surface area contributed by atoms with Crippen molar-refractivity contribution in [3.63, 3.8) is 0 Å². The molecular weight excluding hydrogens is 339 g/mol. The van der Waals surface area contributed by atoms with E-state index in [4.69, 9.17) is 11.6 Å². The first-order valence-corrected chi connectivity index (χ1v) is 8.68. The van der Waals surface area contributed by atoms with E-state index < -0.39 is 0 Å². The second kappa shape index (κ2) is 8.97. The van der Waals surface area contributed by atoms with Crippen molar-refractivity contribution in [1.29, 1.82) is 0 Å². The van der Waals surface area contributed by atoms with Gasteiger partial charge in [-0.15, -0.1) is 0 Å². The van der Waals surface area contributed by atoms with Crippen LogP contribution in [0.1, 0.15) is 29.2 Å². The molecule has 25 heavy (non-hydrogen) atoms. The van der Waals surface area contributed by atoms with E-state index in [1.54, 1.807) is 6.07 Å². The number of benzene rings is 2. The molecule has 1 N–H and O–H groups in total. The smallest absolute Gasteiger partial charge is 0.220 e. The molecule has 0 aliphatic heterocycles.